The highest BCUT2D eigenvalue weighted by atomic mass is 32.2. The third kappa shape index (κ3) is 4.10. The van der Waals surface area contributed by atoms with Crippen LogP contribution in [0.1, 0.15) is 12.6 Å². The van der Waals surface area contributed by atoms with Crippen LogP contribution in [0.25, 0.3) is 16.4 Å². The summed E-state index contributed by atoms with van der Waals surface area (Å²) in [4.78, 5) is 16.7. The number of aromatic nitrogens is 4. The molecule has 0 aliphatic carbocycles. The predicted molar refractivity (Wildman–Crippen MR) is 111 cm³/mol. The molecule has 4 rings (SSSR count). The van der Waals surface area contributed by atoms with Gasteiger partial charge in [0, 0.05) is 23.7 Å². The van der Waals surface area contributed by atoms with Crippen molar-refractivity contribution < 1.29 is 4.79 Å². The van der Waals surface area contributed by atoms with Gasteiger partial charge in [-0.25, -0.2) is 4.98 Å². The number of para-hydroxylation sites is 1. The van der Waals surface area contributed by atoms with Gasteiger partial charge in [-0.15, -0.1) is 32.9 Å². The van der Waals surface area contributed by atoms with E-state index < -0.39 is 0 Å². The summed E-state index contributed by atoms with van der Waals surface area (Å²) in [6, 6.07) is 14.1. The molecule has 0 atom stereocenters. The lowest BCUT2D eigenvalue weighted by atomic mass is 10.3. The lowest BCUT2D eigenvalue weighted by Crippen LogP contribution is -2.05. The highest BCUT2D eigenvalue weighted by molar-refractivity contribution is 7.98. The van der Waals surface area contributed by atoms with Gasteiger partial charge in [-0.05, 0) is 23.6 Å². The summed E-state index contributed by atoms with van der Waals surface area (Å²) in [7, 11) is 0. The predicted octanol–water partition coefficient (Wildman–Crippen LogP) is 4.70. The molecule has 6 nitrogen and oxygen atoms in total. The van der Waals surface area contributed by atoms with Crippen LogP contribution >= 0.6 is 34.4 Å². The number of benzene rings is 1. The zero-order valence-electron chi connectivity index (χ0n) is 14.3. The second-order valence-electron chi connectivity index (χ2n) is 5.57. The summed E-state index contributed by atoms with van der Waals surface area (Å²) in [6.07, 6.45) is 0. The van der Waals surface area contributed by atoms with E-state index in [0.29, 0.717) is 10.9 Å². The fraction of sp³-hybridized carbons (Fsp3) is 0.111. The van der Waals surface area contributed by atoms with E-state index in [1.54, 1.807) is 23.1 Å². The van der Waals surface area contributed by atoms with E-state index in [2.05, 4.69) is 25.1 Å². The minimum atomic E-state index is -0.118. The number of carbonyl (C=O) groups is 1. The largest absolute Gasteiger partial charge is 0.302 e. The van der Waals surface area contributed by atoms with Gasteiger partial charge < -0.3 is 5.32 Å². The van der Waals surface area contributed by atoms with Crippen molar-refractivity contribution in [3.05, 3.63) is 58.9 Å². The molecule has 4 aromatic rings. The number of carbonyl (C=O) groups excluding carboxylic acids is 1. The molecular weight excluding hydrogens is 398 g/mol. The van der Waals surface area contributed by atoms with Gasteiger partial charge in [-0.1, -0.05) is 36.0 Å². The van der Waals surface area contributed by atoms with Crippen LogP contribution in [0, 0.1) is 0 Å². The van der Waals surface area contributed by atoms with Crippen molar-refractivity contribution in [3.8, 4) is 16.4 Å². The number of nitrogens with zero attached hydrogens (tertiary/aromatic N) is 4. The summed E-state index contributed by atoms with van der Waals surface area (Å²) in [5.41, 5.74) is 1.92. The van der Waals surface area contributed by atoms with Crippen molar-refractivity contribution in [1.29, 1.82) is 0 Å². The Balaban J connectivity index is 1.61. The summed E-state index contributed by atoms with van der Waals surface area (Å²) < 4.78 is 2.07. The molecule has 0 spiro atoms. The van der Waals surface area contributed by atoms with Crippen LogP contribution in [0.15, 0.2) is 58.4 Å². The van der Waals surface area contributed by atoms with E-state index in [0.717, 1.165) is 27.2 Å². The number of thioether (sulfide) groups is 1. The average molecular weight is 414 g/mol. The van der Waals surface area contributed by atoms with Crippen LogP contribution in [0.3, 0.4) is 0 Å². The molecule has 136 valence electrons. The molecule has 0 radical (unpaired) electrons. The van der Waals surface area contributed by atoms with Crippen LogP contribution in [0.4, 0.5) is 5.13 Å². The number of anilines is 1. The van der Waals surface area contributed by atoms with E-state index in [1.807, 2.05) is 53.2 Å². The van der Waals surface area contributed by atoms with E-state index in [4.69, 9.17) is 0 Å². The quantitative estimate of drug-likeness (QED) is 0.464. The van der Waals surface area contributed by atoms with Crippen molar-refractivity contribution >= 4 is 45.5 Å². The Morgan fingerprint density at radius 2 is 2.00 bits per heavy atom. The van der Waals surface area contributed by atoms with Gasteiger partial charge in [-0.2, -0.15) is 0 Å². The van der Waals surface area contributed by atoms with E-state index in [-0.39, 0.29) is 5.91 Å². The van der Waals surface area contributed by atoms with Crippen LogP contribution in [-0.2, 0) is 10.5 Å². The summed E-state index contributed by atoms with van der Waals surface area (Å²) in [5, 5.41) is 16.9. The molecule has 1 aromatic carbocycles. The number of amides is 1. The number of rotatable bonds is 6. The Kier molecular flexibility index (Phi) is 5.33. The number of hydrogen-bond acceptors (Lipinski definition) is 7. The Hall–Kier alpha value is -2.49. The molecule has 9 heteroatoms. The lowest BCUT2D eigenvalue weighted by Gasteiger charge is -2.08. The van der Waals surface area contributed by atoms with Gasteiger partial charge in [0.15, 0.2) is 16.1 Å². The van der Waals surface area contributed by atoms with Gasteiger partial charge in [0.25, 0.3) is 0 Å². The Labute approximate surface area is 168 Å². The van der Waals surface area contributed by atoms with Crippen LogP contribution in [0.5, 0.6) is 0 Å². The molecule has 1 N–H and O–H groups in total. The summed E-state index contributed by atoms with van der Waals surface area (Å²) in [5.74, 6) is 1.36. The number of nitrogens with one attached hydrogen (secondary N) is 1. The first-order valence-corrected chi connectivity index (χ1v) is 10.8. The lowest BCUT2D eigenvalue weighted by molar-refractivity contribution is -0.114. The second kappa shape index (κ2) is 8.03. The van der Waals surface area contributed by atoms with E-state index in [9.17, 15) is 4.79 Å². The number of thiophene rings is 1. The maximum Gasteiger partial charge on any atom is 0.223 e. The van der Waals surface area contributed by atoms with Crippen LogP contribution < -0.4 is 5.32 Å². The molecule has 27 heavy (non-hydrogen) atoms. The fourth-order valence-corrected chi connectivity index (χ4v) is 4.86. The molecule has 0 fully saturated rings. The molecule has 0 saturated carbocycles. The van der Waals surface area contributed by atoms with Crippen molar-refractivity contribution in [1.82, 2.24) is 19.7 Å². The van der Waals surface area contributed by atoms with Crippen LogP contribution in [-0.4, -0.2) is 25.7 Å². The standard InChI is InChI=1S/C18H15N5OS3/c1-12(24)19-17-20-13(10-26-17)11-27-18-22-21-16(15-8-5-9-25-15)23(18)14-6-3-2-4-7-14/h2-10H,11H2,1H3,(H,19,20,24). The monoisotopic (exact) mass is 413 g/mol. The summed E-state index contributed by atoms with van der Waals surface area (Å²) in [6.45, 7) is 1.48. The molecule has 3 aromatic heterocycles. The first kappa shape index (κ1) is 17.9. The smallest absolute Gasteiger partial charge is 0.223 e. The molecule has 1 amide bonds. The Bertz CT molecular complexity index is 1040. The van der Waals surface area contributed by atoms with Gasteiger partial charge in [0.1, 0.15) is 0 Å². The molecule has 0 unspecified atom stereocenters. The van der Waals surface area contributed by atoms with E-state index in [1.165, 1.54) is 18.3 Å². The van der Waals surface area contributed by atoms with Gasteiger partial charge in [0.2, 0.25) is 5.91 Å². The van der Waals surface area contributed by atoms with Crippen molar-refractivity contribution in [2.24, 2.45) is 0 Å². The van der Waals surface area contributed by atoms with Crippen LogP contribution in [0.2, 0.25) is 0 Å². The highest BCUT2D eigenvalue weighted by Gasteiger charge is 2.17. The van der Waals surface area contributed by atoms with Gasteiger partial charge in [0.05, 0.1) is 10.6 Å². The number of hydrogen-bond donors (Lipinski definition) is 1. The van der Waals surface area contributed by atoms with E-state index >= 15 is 0 Å². The third-order valence-corrected chi connectivity index (χ3v) is 6.21. The first-order chi connectivity index (χ1) is 13.2. The maximum absolute atomic E-state index is 11.1. The van der Waals surface area contributed by atoms with Gasteiger partial charge >= 0.3 is 0 Å². The normalized spacial score (nSPS) is 10.9. The average Bonchev–Trinajstić information content (AvgIpc) is 3.40. The topological polar surface area (TPSA) is 72.7 Å². The number of thiazole rings is 1. The minimum absolute atomic E-state index is 0.118. The zero-order valence-corrected chi connectivity index (χ0v) is 16.8. The highest BCUT2D eigenvalue weighted by Crippen LogP contribution is 2.32. The van der Waals surface area contributed by atoms with Crippen molar-refractivity contribution in [2.75, 3.05) is 5.32 Å². The fourth-order valence-electron chi connectivity index (χ4n) is 2.46. The molecule has 0 aliphatic heterocycles. The minimum Gasteiger partial charge on any atom is -0.302 e. The molecular formula is C18H15N5OS3. The Morgan fingerprint density at radius 1 is 1.15 bits per heavy atom. The molecule has 0 saturated heterocycles. The van der Waals surface area contributed by atoms with Gasteiger partial charge in [-0.3, -0.25) is 9.36 Å². The molecule has 0 bridgehead atoms. The zero-order chi connectivity index (χ0) is 18.6. The van der Waals surface area contributed by atoms with Crippen molar-refractivity contribution in [2.45, 2.75) is 17.8 Å². The molecule has 3 heterocycles. The SMILES string of the molecule is CC(=O)Nc1nc(CSc2nnc(-c3cccs3)n2-c2ccccc2)cs1. The molecule has 0 aliphatic rings. The Morgan fingerprint density at radius 3 is 2.74 bits per heavy atom. The second-order valence-corrected chi connectivity index (χ2v) is 8.32. The maximum atomic E-state index is 11.1. The first-order valence-electron chi connectivity index (χ1n) is 8.10. The summed E-state index contributed by atoms with van der Waals surface area (Å²) >= 11 is 4.63. The third-order valence-electron chi connectivity index (χ3n) is 3.57. The van der Waals surface area contributed by atoms with Crippen molar-refractivity contribution in [3.63, 3.8) is 0 Å².